The summed E-state index contributed by atoms with van der Waals surface area (Å²) in [6, 6.07) is 8.28. The molecule has 1 aromatic heterocycles. The van der Waals surface area contributed by atoms with Gasteiger partial charge in [0.05, 0.1) is 11.4 Å². The number of hydrazine groups is 1. The van der Waals surface area contributed by atoms with Gasteiger partial charge >= 0.3 is 0 Å². The maximum atomic E-state index is 12.4. The van der Waals surface area contributed by atoms with Gasteiger partial charge in [-0.1, -0.05) is 17.7 Å². The number of anilines is 2. The van der Waals surface area contributed by atoms with Gasteiger partial charge in [-0.05, 0) is 63.3 Å². The van der Waals surface area contributed by atoms with Crippen molar-refractivity contribution < 1.29 is 4.79 Å². The number of allylic oxidation sites excluding steroid dienone is 1. The van der Waals surface area contributed by atoms with Gasteiger partial charge in [-0.3, -0.25) is 4.79 Å². The van der Waals surface area contributed by atoms with Crippen molar-refractivity contribution in [3.8, 4) is 0 Å². The van der Waals surface area contributed by atoms with Gasteiger partial charge in [0.1, 0.15) is 4.88 Å². The molecule has 0 saturated heterocycles. The van der Waals surface area contributed by atoms with E-state index in [0.717, 1.165) is 28.2 Å². The van der Waals surface area contributed by atoms with Crippen molar-refractivity contribution in [1.82, 2.24) is 16.2 Å². The molecule has 1 aromatic carbocycles. The summed E-state index contributed by atoms with van der Waals surface area (Å²) in [4.78, 5) is 13.1. The van der Waals surface area contributed by atoms with E-state index in [1.807, 2.05) is 45.3 Å². The molecule has 0 aliphatic carbocycles. The highest BCUT2D eigenvalue weighted by atomic mass is 32.1. The van der Waals surface area contributed by atoms with Crippen molar-refractivity contribution in [1.29, 1.82) is 0 Å². The first-order valence-electron chi connectivity index (χ1n) is 8.70. The lowest BCUT2D eigenvalue weighted by Gasteiger charge is -2.14. The molecular weight excluding hydrogens is 344 g/mol. The van der Waals surface area contributed by atoms with Crippen molar-refractivity contribution in [2.45, 2.75) is 40.7 Å². The van der Waals surface area contributed by atoms with Crippen LogP contribution >= 0.6 is 11.3 Å². The second-order valence-electron chi connectivity index (χ2n) is 6.70. The van der Waals surface area contributed by atoms with Crippen LogP contribution in [0.15, 0.2) is 35.2 Å². The highest BCUT2D eigenvalue weighted by molar-refractivity contribution is 7.12. The van der Waals surface area contributed by atoms with Gasteiger partial charge in [0.25, 0.3) is 5.91 Å². The lowest BCUT2D eigenvalue weighted by molar-refractivity contribution is 0.0948. The highest BCUT2D eigenvalue weighted by Crippen LogP contribution is 2.31. The smallest absolute Gasteiger partial charge is 0.263 e. The maximum absolute atomic E-state index is 12.4. The Balaban J connectivity index is 2.24. The molecule has 0 aliphatic heterocycles. The van der Waals surface area contributed by atoms with Gasteiger partial charge < -0.3 is 16.1 Å². The molecule has 4 N–H and O–H groups in total. The van der Waals surface area contributed by atoms with Crippen molar-refractivity contribution >= 4 is 34.3 Å². The minimum Gasteiger partial charge on any atom is -0.354 e. The van der Waals surface area contributed by atoms with Crippen LogP contribution in [0, 0.1) is 6.92 Å². The molecule has 0 unspecified atom stereocenters. The molecule has 5 nitrogen and oxygen atoms in total. The van der Waals surface area contributed by atoms with Gasteiger partial charge in [0.2, 0.25) is 0 Å². The third kappa shape index (κ3) is 4.86. The summed E-state index contributed by atoms with van der Waals surface area (Å²) in [5, 5.41) is 8.36. The first-order valence-corrected chi connectivity index (χ1v) is 9.58. The summed E-state index contributed by atoms with van der Waals surface area (Å²) < 4.78 is 0. The first-order chi connectivity index (χ1) is 12.3. The Hall–Kier alpha value is -2.31. The number of thiophene rings is 1. The van der Waals surface area contributed by atoms with E-state index >= 15 is 0 Å². The maximum Gasteiger partial charge on any atom is 0.263 e. The van der Waals surface area contributed by atoms with Crippen LogP contribution in [-0.2, 0) is 0 Å². The van der Waals surface area contributed by atoms with E-state index < -0.39 is 0 Å². The zero-order valence-electron chi connectivity index (χ0n) is 16.3. The molecule has 2 aromatic rings. The van der Waals surface area contributed by atoms with Gasteiger partial charge in [-0.25, -0.2) is 5.43 Å². The van der Waals surface area contributed by atoms with Crippen molar-refractivity contribution in [3.05, 3.63) is 51.2 Å². The van der Waals surface area contributed by atoms with Crippen LogP contribution in [0.4, 0.5) is 11.4 Å². The molecule has 0 bridgehead atoms. The van der Waals surface area contributed by atoms with Crippen LogP contribution in [0.5, 0.6) is 0 Å². The summed E-state index contributed by atoms with van der Waals surface area (Å²) in [5.74, 6) is -0.0396. The molecule has 1 amide bonds. The minimum absolute atomic E-state index is 0.0396. The number of hydrogen-bond donors (Lipinski definition) is 4. The van der Waals surface area contributed by atoms with Gasteiger partial charge in [0, 0.05) is 18.8 Å². The fourth-order valence-corrected chi connectivity index (χ4v) is 3.48. The summed E-state index contributed by atoms with van der Waals surface area (Å²) in [5.41, 5.74) is 12.4. The van der Waals surface area contributed by atoms with E-state index in [1.54, 1.807) is 0 Å². The zero-order chi connectivity index (χ0) is 19.3. The SMILES string of the molecule is CNNC(=C(C)C)c1ccc(Nc2c(C)csc2C(=O)NC(C)C)cc1. The van der Waals surface area contributed by atoms with Crippen LogP contribution in [0.2, 0.25) is 0 Å². The molecule has 140 valence electrons. The van der Waals surface area contributed by atoms with Crippen LogP contribution in [0.3, 0.4) is 0 Å². The van der Waals surface area contributed by atoms with Gasteiger partial charge in [-0.2, -0.15) is 0 Å². The summed E-state index contributed by atoms with van der Waals surface area (Å²) in [6.45, 7) is 10.1. The third-order valence-electron chi connectivity index (χ3n) is 3.79. The average Bonchev–Trinajstić information content (AvgIpc) is 2.93. The molecule has 1 heterocycles. The van der Waals surface area contributed by atoms with Gasteiger partial charge in [-0.15, -0.1) is 11.3 Å². The number of amides is 1. The van der Waals surface area contributed by atoms with Crippen molar-refractivity contribution in [2.24, 2.45) is 0 Å². The number of hydrogen-bond acceptors (Lipinski definition) is 5. The summed E-state index contributed by atoms with van der Waals surface area (Å²) in [6.07, 6.45) is 0. The van der Waals surface area contributed by atoms with E-state index in [2.05, 4.69) is 47.5 Å². The van der Waals surface area contributed by atoms with Gasteiger partial charge in [0.15, 0.2) is 0 Å². The van der Waals surface area contributed by atoms with Crippen molar-refractivity contribution in [2.75, 3.05) is 12.4 Å². The standard InChI is InChI=1S/C20H28N4OS/c1-12(2)17(24-21-6)15-7-9-16(10-8-15)23-18-14(5)11-26-19(18)20(25)22-13(3)4/h7-11,13,21,23-24H,1-6H3,(H,22,25). The predicted octanol–water partition coefficient (Wildman–Crippen LogP) is 4.41. The molecule has 0 spiro atoms. The molecular formula is C20H28N4OS. The zero-order valence-corrected chi connectivity index (χ0v) is 17.1. The molecule has 0 radical (unpaired) electrons. The lowest BCUT2D eigenvalue weighted by Crippen LogP contribution is -2.29. The second-order valence-corrected chi connectivity index (χ2v) is 7.58. The topological polar surface area (TPSA) is 65.2 Å². The largest absolute Gasteiger partial charge is 0.354 e. The fraction of sp³-hybridized carbons (Fsp3) is 0.350. The summed E-state index contributed by atoms with van der Waals surface area (Å²) in [7, 11) is 1.85. The predicted molar refractivity (Wildman–Crippen MR) is 112 cm³/mol. The molecule has 6 heteroatoms. The lowest BCUT2D eigenvalue weighted by atomic mass is 10.1. The van der Waals surface area contributed by atoms with Crippen LogP contribution in [0.1, 0.15) is 48.5 Å². The fourth-order valence-electron chi connectivity index (χ4n) is 2.57. The highest BCUT2D eigenvalue weighted by Gasteiger charge is 2.17. The first kappa shape index (κ1) is 20.0. The molecule has 0 fully saturated rings. The molecule has 0 aliphatic rings. The monoisotopic (exact) mass is 372 g/mol. The molecule has 26 heavy (non-hydrogen) atoms. The molecule has 0 atom stereocenters. The normalized spacial score (nSPS) is 10.6. The Kier molecular flexibility index (Phi) is 6.83. The van der Waals surface area contributed by atoms with E-state index in [4.69, 9.17) is 0 Å². The number of aryl methyl sites for hydroxylation is 1. The van der Waals surface area contributed by atoms with E-state index in [-0.39, 0.29) is 11.9 Å². The Labute approximate surface area is 159 Å². The Morgan fingerprint density at radius 2 is 1.77 bits per heavy atom. The second kappa shape index (κ2) is 8.87. The van der Waals surface area contributed by atoms with Crippen molar-refractivity contribution in [3.63, 3.8) is 0 Å². The number of nitrogens with one attached hydrogen (secondary N) is 4. The number of rotatable bonds is 7. The Morgan fingerprint density at radius 1 is 1.12 bits per heavy atom. The summed E-state index contributed by atoms with van der Waals surface area (Å²) >= 11 is 1.46. The van der Waals surface area contributed by atoms with Crippen LogP contribution in [-0.4, -0.2) is 19.0 Å². The Bertz CT molecular complexity index is 787. The number of carbonyl (C=O) groups excluding carboxylic acids is 1. The number of carbonyl (C=O) groups is 1. The molecule has 2 rings (SSSR count). The Morgan fingerprint density at radius 3 is 2.31 bits per heavy atom. The van der Waals surface area contributed by atoms with E-state index in [0.29, 0.717) is 4.88 Å². The molecule has 0 saturated carbocycles. The third-order valence-corrected chi connectivity index (χ3v) is 4.89. The minimum atomic E-state index is -0.0396. The van der Waals surface area contributed by atoms with Crippen LogP contribution < -0.4 is 21.5 Å². The van der Waals surface area contributed by atoms with Crippen LogP contribution in [0.25, 0.3) is 5.70 Å². The van der Waals surface area contributed by atoms with E-state index in [9.17, 15) is 4.79 Å². The average molecular weight is 373 g/mol. The number of benzene rings is 1. The quantitative estimate of drug-likeness (QED) is 0.544. The van der Waals surface area contributed by atoms with E-state index in [1.165, 1.54) is 16.9 Å².